The van der Waals surface area contributed by atoms with Crippen LogP contribution in [0.1, 0.15) is 58.3 Å². The first-order chi connectivity index (χ1) is 23.4. The first kappa shape index (κ1) is 35.5. The van der Waals surface area contributed by atoms with Crippen molar-refractivity contribution < 1.29 is 23.5 Å². The Balaban J connectivity index is 1.12. The molecule has 2 aromatic carbocycles. The van der Waals surface area contributed by atoms with Crippen molar-refractivity contribution in [1.82, 2.24) is 19.8 Å². The van der Waals surface area contributed by atoms with E-state index < -0.39 is 5.82 Å². The zero-order valence-electron chi connectivity index (χ0n) is 27.7. The maximum atomic E-state index is 13.7. The van der Waals surface area contributed by atoms with E-state index in [1.54, 1.807) is 18.2 Å². The molecule has 1 aliphatic carbocycles. The number of nitrogens with one attached hydrogen (secondary N) is 2. The number of unbranched alkanes of at least 4 members (excludes halogenated alkanes) is 5. The van der Waals surface area contributed by atoms with Crippen LogP contribution in [0.5, 0.6) is 5.75 Å². The molecule has 0 radical (unpaired) electrons. The average molecular weight is 681 g/mol. The summed E-state index contributed by atoms with van der Waals surface area (Å²) in [7, 11) is 0. The van der Waals surface area contributed by atoms with Crippen LogP contribution in [0.2, 0.25) is 5.02 Å². The van der Waals surface area contributed by atoms with Gasteiger partial charge in [0.2, 0.25) is 5.91 Å². The van der Waals surface area contributed by atoms with E-state index in [9.17, 15) is 14.0 Å². The van der Waals surface area contributed by atoms with E-state index in [0.717, 1.165) is 51.9 Å². The molecule has 0 unspecified atom stereocenters. The fraction of sp³-hybridized carbons (Fsp3) is 0.500. The van der Waals surface area contributed by atoms with Crippen LogP contribution in [0.3, 0.4) is 0 Å². The minimum Gasteiger partial charge on any atom is -0.491 e. The Morgan fingerprint density at radius 1 is 1.02 bits per heavy atom. The number of benzene rings is 2. The number of amides is 1. The van der Waals surface area contributed by atoms with E-state index in [2.05, 4.69) is 37.3 Å². The Labute approximate surface area is 287 Å². The van der Waals surface area contributed by atoms with E-state index in [1.165, 1.54) is 50.2 Å². The fourth-order valence-corrected chi connectivity index (χ4v) is 5.69. The van der Waals surface area contributed by atoms with Gasteiger partial charge in [0.25, 0.3) is 0 Å². The minimum absolute atomic E-state index is 0.00507. The molecule has 2 fully saturated rings. The van der Waals surface area contributed by atoms with Crippen molar-refractivity contribution in [3.63, 3.8) is 0 Å². The first-order valence-corrected chi connectivity index (χ1v) is 17.5. The van der Waals surface area contributed by atoms with Gasteiger partial charge in [0.05, 0.1) is 36.0 Å². The number of halogens is 2. The van der Waals surface area contributed by atoms with E-state index in [0.29, 0.717) is 66.1 Å². The lowest BCUT2D eigenvalue weighted by molar-refractivity contribution is -0.145. The topological polar surface area (TPSA) is 109 Å². The van der Waals surface area contributed by atoms with Crippen LogP contribution in [0.25, 0.3) is 10.9 Å². The molecule has 2 N–H and O–H groups in total. The normalized spacial score (nSPS) is 15.6. The average Bonchev–Trinajstić information content (AvgIpc) is 3.91. The van der Waals surface area contributed by atoms with Gasteiger partial charge in [-0.25, -0.2) is 14.4 Å². The smallest absolute Gasteiger partial charge is 0.320 e. The van der Waals surface area contributed by atoms with Crippen LogP contribution >= 0.6 is 11.6 Å². The fourth-order valence-electron chi connectivity index (χ4n) is 5.51. The van der Waals surface area contributed by atoms with Crippen molar-refractivity contribution >= 4 is 51.6 Å². The number of aromatic nitrogens is 2. The molecule has 3 aromatic rings. The standard InChI is InChI=1S/C36H46ClFN6O4/c1-2-3-4-5-6-7-19-47-35(46)23-44-17-15-43(16-18-44)14-8-9-34(45)42-32-21-28-31(22-33(32)48-24-26-10-11-26)39-25-40-36(28)41-27-12-13-30(38)29(37)20-27/h8-9,12-13,20-22,25-26H,2-7,10-11,14-19,23-24H2,1H3,(H,42,45)(H,39,40,41). The molecule has 1 amide bonds. The van der Waals surface area contributed by atoms with Gasteiger partial charge in [-0.3, -0.25) is 19.4 Å². The van der Waals surface area contributed by atoms with Crippen molar-refractivity contribution in [3.8, 4) is 5.75 Å². The predicted octanol–water partition coefficient (Wildman–Crippen LogP) is 6.97. The Kier molecular flexibility index (Phi) is 13.4. The summed E-state index contributed by atoms with van der Waals surface area (Å²) in [4.78, 5) is 38.5. The molecule has 48 heavy (non-hydrogen) atoms. The third-order valence-corrected chi connectivity index (χ3v) is 8.85. The second-order valence-electron chi connectivity index (χ2n) is 12.6. The lowest BCUT2D eigenvalue weighted by atomic mass is 10.1. The summed E-state index contributed by atoms with van der Waals surface area (Å²) in [6, 6.07) is 7.92. The van der Waals surface area contributed by atoms with Crippen molar-refractivity contribution in [3.05, 3.63) is 59.7 Å². The van der Waals surface area contributed by atoms with Gasteiger partial charge in [0.15, 0.2) is 0 Å². The first-order valence-electron chi connectivity index (χ1n) is 17.1. The maximum absolute atomic E-state index is 13.7. The summed E-state index contributed by atoms with van der Waals surface area (Å²) in [5.41, 5.74) is 1.70. The molecule has 10 nitrogen and oxygen atoms in total. The largest absolute Gasteiger partial charge is 0.491 e. The molecule has 0 spiro atoms. The number of carbonyl (C=O) groups is 2. The zero-order chi connectivity index (χ0) is 33.7. The number of piperazine rings is 1. The number of carbonyl (C=O) groups excluding carboxylic acids is 2. The SMILES string of the molecule is CCCCCCCCOC(=O)CN1CCN(CC=CC(=O)Nc2cc3c(Nc4ccc(F)c(Cl)c4)ncnc3cc2OCC2CC2)CC1. The van der Waals surface area contributed by atoms with Crippen LogP contribution in [0.15, 0.2) is 48.8 Å². The second kappa shape index (κ2) is 18.1. The number of nitrogens with zero attached hydrogens (tertiary/aromatic N) is 4. The Hall–Kier alpha value is -3.80. The van der Waals surface area contributed by atoms with Gasteiger partial charge >= 0.3 is 5.97 Å². The Bertz CT molecular complexity index is 1560. The third kappa shape index (κ3) is 11.1. The number of fused-ring (bicyclic) bond motifs is 1. The van der Waals surface area contributed by atoms with Crippen LogP contribution in [-0.2, 0) is 14.3 Å². The van der Waals surface area contributed by atoms with Crippen molar-refractivity contribution in [1.29, 1.82) is 0 Å². The number of rotatable bonds is 18. The molecule has 1 saturated carbocycles. The van der Waals surface area contributed by atoms with E-state index in [-0.39, 0.29) is 16.9 Å². The molecule has 0 atom stereocenters. The quantitative estimate of drug-likeness (QED) is 0.0836. The molecule has 1 aliphatic heterocycles. The summed E-state index contributed by atoms with van der Waals surface area (Å²) in [6.07, 6.45) is 14.1. The number of anilines is 3. The highest BCUT2D eigenvalue weighted by molar-refractivity contribution is 6.31. The van der Waals surface area contributed by atoms with Crippen molar-refractivity contribution in [2.45, 2.75) is 58.3 Å². The van der Waals surface area contributed by atoms with Gasteiger partial charge in [-0.05, 0) is 49.4 Å². The maximum Gasteiger partial charge on any atom is 0.320 e. The van der Waals surface area contributed by atoms with Crippen LogP contribution in [0.4, 0.5) is 21.6 Å². The van der Waals surface area contributed by atoms with Gasteiger partial charge in [-0.15, -0.1) is 0 Å². The van der Waals surface area contributed by atoms with Gasteiger partial charge in [-0.1, -0.05) is 56.7 Å². The summed E-state index contributed by atoms with van der Waals surface area (Å²) in [5, 5.41) is 6.79. The van der Waals surface area contributed by atoms with Gasteiger partial charge < -0.3 is 20.1 Å². The summed E-state index contributed by atoms with van der Waals surface area (Å²) in [6.45, 7) is 7.36. The molecule has 1 aromatic heterocycles. The molecule has 5 rings (SSSR count). The van der Waals surface area contributed by atoms with Crippen LogP contribution in [-0.4, -0.2) is 84.1 Å². The molecule has 2 aliphatic rings. The summed E-state index contributed by atoms with van der Waals surface area (Å²) >= 11 is 5.98. The van der Waals surface area contributed by atoms with Crippen molar-refractivity contribution in [2.24, 2.45) is 5.92 Å². The number of hydrogen-bond donors (Lipinski definition) is 2. The van der Waals surface area contributed by atoms with Gasteiger partial charge in [0.1, 0.15) is 23.7 Å². The molecule has 258 valence electrons. The van der Waals surface area contributed by atoms with E-state index >= 15 is 0 Å². The highest BCUT2D eigenvalue weighted by atomic mass is 35.5. The number of hydrogen-bond acceptors (Lipinski definition) is 9. The van der Waals surface area contributed by atoms with Gasteiger partial charge in [0, 0.05) is 55.9 Å². The minimum atomic E-state index is -0.511. The number of ether oxygens (including phenoxy) is 2. The highest BCUT2D eigenvalue weighted by Gasteiger charge is 2.23. The third-order valence-electron chi connectivity index (χ3n) is 8.56. The van der Waals surface area contributed by atoms with E-state index in [1.807, 2.05) is 6.08 Å². The predicted molar refractivity (Wildman–Crippen MR) is 187 cm³/mol. The van der Waals surface area contributed by atoms with Crippen LogP contribution < -0.4 is 15.4 Å². The van der Waals surface area contributed by atoms with Crippen molar-refractivity contribution in [2.75, 3.05) is 63.1 Å². The lowest BCUT2D eigenvalue weighted by Gasteiger charge is -2.33. The Morgan fingerprint density at radius 2 is 1.79 bits per heavy atom. The van der Waals surface area contributed by atoms with Gasteiger partial charge in [-0.2, -0.15) is 0 Å². The zero-order valence-corrected chi connectivity index (χ0v) is 28.4. The Morgan fingerprint density at radius 3 is 2.56 bits per heavy atom. The summed E-state index contributed by atoms with van der Waals surface area (Å²) in [5.74, 6) is 0.584. The molecule has 1 saturated heterocycles. The monoisotopic (exact) mass is 680 g/mol. The van der Waals surface area contributed by atoms with E-state index in [4.69, 9.17) is 21.1 Å². The lowest BCUT2D eigenvalue weighted by Crippen LogP contribution is -2.48. The number of esters is 1. The van der Waals surface area contributed by atoms with Crippen LogP contribution in [0, 0.1) is 11.7 Å². The second-order valence-corrected chi connectivity index (χ2v) is 13.0. The molecule has 2 heterocycles. The molecular formula is C36H46ClFN6O4. The summed E-state index contributed by atoms with van der Waals surface area (Å²) < 4.78 is 25.3. The highest BCUT2D eigenvalue weighted by Crippen LogP contribution is 2.36. The molecule has 0 bridgehead atoms. The molecule has 12 heteroatoms. The molecular weight excluding hydrogens is 635 g/mol.